The van der Waals surface area contributed by atoms with E-state index < -0.39 is 0 Å². The molecule has 5 nitrogen and oxygen atoms in total. The zero-order valence-electron chi connectivity index (χ0n) is 14.7. The first-order valence-corrected chi connectivity index (χ1v) is 9.38. The van der Waals surface area contributed by atoms with Crippen molar-refractivity contribution in [3.05, 3.63) is 47.5 Å². The minimum Gasteiger partial charge on any atom is -0.338 e. The number of rotatable bonds is 2. The Balaban J connectivity index is 1.83. The summed E-state index contributed by atoms with van der Waals surface area (Å²) in [6, 6.07) is 12.1. The molecule has 0 saturated carbocycles. The number of aromatic nitrogens is 1. The monoisotopic (exact) mass is 365 g/mol. The van der Waals surface area contributed by atoms with Gasteiger partial charge in [0.25, 0.3) is 0 Å². The molecule has 4 rings (SSSR count). The van der Waals surface area contributed by atoms with Crippen LogP contribution in [0.4, 0.5) is 5.69 Å². The van der Waals surface area contributed by atoms with Gasteiger partial charge in [-0.15, -0.1) is 11.3 Å². The van der Waals surface area contributed by atoms with E-state index in [9.17, 15) is 9.59 Å². The summed E-state index contributed by atoms with van der Waals surface area (Å²) in [5.41, 5.74) is 4.95. The molecule has 0 saturated heterocycles. The molecule has 0 bridgehead atoms. The molecule has 2 heterocycles. The van der Waals surface area contributed by atoms with Crippen LogP contribution >= 0.6 is 11.3 Å². The number of hydrogen-bond donors (Lipinski definition) is 1. The summed E-state index contributed by atoms with van der Waals surface area (Å²) in [4.78, 5) is 30.0. The third kappa shape index (κ3) is 3.08. The van der Waals surface area contributed by atoms with Crippen LogP contribution in [-0.2, 0) is 22.6 Å². The van der Waals surface area contributed by atoms with E-state index in [4.69, 9.17) is 4.98 Å². The molecule has 0 spiro atoms. The maximum Gasteiger partial charge on any atom is 0.221 e. The smallest absolute Gasteiger partial charge is 0.221 e. The predicted octanol–water partition coefficient (Wildman–Crippen LogP) is 3.83. The standard InChI is InChI=1S/C20H19N3O2S/c1-12(24)21-18-10-15-11-23(13(2)25)8-7-14(15)9-16(18)20-22-17-5-3-4-6-19(17)26-20/h3-6,9-10H,7-8,11H2,1-2H3,(H,21,24). The first kappa shape index (κ1) is 16.7. The second-order valence-electron chi connectivity index (χ2n) is 6.53. The van der Waals surface area contributed by atoms with Gasteiger partial charge in [0.15, 0.2) is 0 Å². The summed E-state index contributed by atoms with van der Waals surface area (Å²) < 4.78 is 1.12. The van der Waals surface area contributed by atoms with E-state index in [0.29, 0.717) is 6.54 Å². The number of thiazole rings is 1. The normalized spacial score (nSPS) is 13.5. The molecule has 1 aliphatic heterocycles. The van der Waals surface area contributed by atoms with Crippen LogP contribution in [0.1, 0.15) is 25.0 Å². The molecule has 1 aromatic heterocycles. The maximum atomic E-state index is 11.7. The van der Waals surface area contributed by atoms with Gasteiger partial charge in [0.2, 0.25) is 11.8 Å². The number of hydrogen-bond acceptors (Lipinski definition) is 4. The van der Waals surface area contributed by atoms with Gasteiger partial charge in [-0.1, -0.05) is 12.1 Å². The third-order valence-electron chi connectivity index (χ3n) is 4.63. The van der Waals surface area contributed by atoms with Crippen LogP contribution in [0.15, 0.2) is 36.4 Å². The summed E-state index contributed by atoms with van der Waals surface area (Å²) in [6.45, 7) is 4.40. The van der Waals surface area contributed by atoms with Crippen LogP contribution < -0.4 is 5.32 Å². The minimum absolute atomic E-state index is 0.0759. The van der Waals surface area contributed by atoms with Crippen molar-refractivity contribution in [2.24, 2.45) is 0 Å². The van der Waals surface area contributed by atoms with Crippen molar-refractivity contribution in [3.63, 3.8) is 0 Å². The zero-order valence-corrected chi connectivity index (χ0v) is 15.5. The van der Waals surface area contributed by atoms with Gasteiger partial charge in [-0.3, -0.25) is 9.59 Å². The Morgan fingerprint density at radius 1 is 1.15 bits per heavy atom. The molecule has 0 aliphatic carbocycles. The van der Waals surface area contributed by atoms with Crippen molar-refractivity contribution in [2.45, 2.75) is 26.8 Å². The van der Waals surface area contributed by atoms with E-state index in [0.717, 1.165) is 45.0 Å². The Labute approximate surface area is 155 Å². The highest BCUT2D eigenvalue weighted by Gasteiger charge is 2.22. The zero-order chi connectivity index (χ0) is 18.3. The SMILES string of the molecule is CC(=O)Nc1cc2c(cc1-c1nc3ccccc3s1)CCN(C(C)=O)C2. The number of amides is 2. The highest BCUT2D eigenvalue weighted by atomic mass is 32.1. The van der Waals surface area contributed by atoms with Gasteiger partial charge < -0.3 is 10.2 Å². The topological polar surface area (TPSA) is 62.3 Å². The van der Waals surface area contributed by atoms with Crippen molar-refractivity contribution < 1.29 is 9.59 Å². The quantitative estimate of drug-likeness (QED) is 0.751. The molecule has 6 heteroatoms. The van der Waals surface area contributed by atoms with Gasteiger partial charge in [0.1, 0.15) is 5.01 Å². The molecule has 26 heavy (non-hydrogen) atoms. The maximum absolute atomic E-state index is 11.7. The number of para-hydroxylation sites is 1. The molecule has 3 aromatic rings. The largest absolute Gasteiger partial charge is 0.338 e. The number of benzene rings is 2. The van der Waals surface area contributed by atoms with E-state index in [1.165, 1.54) is 12.5 Å². The lowest BCUT2D eigenvalue weighted by Crippen LogP contribution is -2.34. The Morgan fingerprint density at radius 3 is 2.69 bits per heavy atom. The third-order valence-corrected chi connectivity index (χ3v) is 5.70. The fourth-order valence-corrected chi connectivity index (χ4v) is 4.33. The van der Waals surface area contributed by atoms with E-state index in [1.807, 2.05) is 29.2 Å². The summed E-state index contributed by atoms with van der Waals surface area (Å²) in [6.07, 6.45) is 0.813. The lowest BCUT2D eigenvalue weighted by atomic mass is 9.95. The van der Waals surface area contributed by atoms with Gasteiger partial charge in [-0.25, -0.2) is 4.98 Å². The summed E-state index contributed by atoms with van der Waals surface area (Å²) >= 11 is 1.62. The van der Waals surface area contributed by atoms with Crippen LogP contribution in [0, 0.1) is 0 Å². The fraction of sp³-hybridized carbons (Fsp3) is 0.250. The highest BCUT2D eigenvalue weighted by Crippen LogP contribution is 2.37. The second-order valence-corrected chi connectivity index (χ2v) is 7.56. The number of carbonyl (C=O) groups is 2. The molecule has 2 aromatic carbocycles. The van der Waals surface area contributed by atoms with Crippen LogP contribution in [0.3, 0.4) is 0 Å². The van der Waals surface area contributed by atoms with Crippen LogP contribution in [0.25, 0.3) is 20.8 Å². The highest BCUT2D eigenvalue weighted by molar-refractivity contribution is 7.21. The Hall–Kier alpha value is -2.73. The lowest BCUT2D eigenvalue weighted by Gasteiger charge is -2.29. The van der Waals surface area contributed by atoms with Crippen LogP contribution in [0.5, 0.6) is 0 Å². The Kier molecular flexibility index (Phi) is 4.20. The molecule has 0 unspecified atom stereocenters. The molecule has 1 N–H and O–H groups in total. The average molecular weight is 365 g/mol. The molecule has 2 amide bonds. The summed E-state index contributed by atoms with van der Waals surface area (Å²) in [5.74, 6) is -0.0430. The van der Waals surface area contributed by atoms with Gasteiger partial charge in [-0.05, 0) is 41.8 Å². The van der Waals surface area contributed by atoms with Gasteiger partial charge in [-0.2, -0.15) is 0 Å². The number of fused-ring (bicyclic) bond motifs is 2. The molecular formula is C20H19N3O2S. The number of nitrogens with one attached hydrogen (secondary N) is 1. The van der Waals surface area contributed by atoms with Crippen molar-refractivity contribution in [1.82, 2.24) is 9.88 Å². The summed E-state index contributed by atoms with van der Waals surface area (Å²) in [5, 5.41) is 3.83. The Morgan fingerprint density at radius 2 is 1.96 bits per heavy atom. The van der Waals surface area contributed by atoms with Crippen molar-refractivity contribution in [2.75, 3.05) is 11.9 Å². The molecule has 132 valence electrons. The van der Waals surface area contributed by atoms with Crippen molar-refractivity contribution >= 4 is 39.1 Å². The summed E-state index contributed by atoms with van der Waals surface area (Å²) in [7, 11) is 0. The van der Waals surface area contributed by atoms with Gasteiger partial charge in [0, 0.05) is 32.5 Å². The molecule has 0 radical (unpaired) electrons. The lowest BCUT2D eigenvalue weighted by molar-refractivity contribution is -0.129. The fourth-order valence-electron chi connectivity index (χ4n) is 3.34. The van der Waals surface area contributed by atoms with Crippen molar-refractivity contribution in [1.29, 1.82) is 0 Å². The van der Waals surface area contributed by atoms with Crippen molar-refractivity contribution in [3.8, 4) is 10.6 Å². The first-order valence-electron chi connectivity index (χ1n) is 8.56. The minimum atomic E-state index is -0.119. The number of anilines is 1. The molecule has 1 aliphatic rings. The first-order chi connectivity index (χ1) is 12.5. The average Bonchev–Trinajstić information content (AvgIpc) is 3.04. The van der Waals surface area contributed by atoms with E-state index in [2.05, 4.69) is 17.4 Å². The van der Waals surface area contributed by atoms with E-state index >= 15 is 0 Å². The van der Waals surface area contributed by atoms with E-state index in [1.54, 1.807) is 18.3 Å². The van der Waals surface area contributed by atoms with Crippen LogP contribution in [0.2, 0.25) is 0 Å². The Bertz CT molecular complexity index is 992. The second kappa shape index (κ2) is 6.53. The number of nitrogens with zero attached hydrogens (tertiary/aromatic N) is 2. The van der Waals surface area contributed by atoms with E-state index in [-0.39, 0.29) is 11.8 Å². The van der Waals surface area contributed by atoms with Gasteiger partial charge in [0.05, 0.1) is 15.9 Å². The number of carbonyl (C=O) groups excluding carboxylic acids is 2. The van der Waals surface area contributed by atoms with Gasteiger partial charge >= 0.3 is 0 Å². The molecule has 0 atom stereocenters. The van der Waals surface area contributed by atoms with Crippen LogP contribution in [-0.4, -0.2) is 28.2 Å². The molecular weight excluding hydrogens is 346 g/mol. The molecule has 0 fully saturated rings. The predicted molar refractivity (Wildman–Crippen MR) is 104 cm³/mol.